The Bertz CT molecular complexity index is 748. The molecule has 0 aliphatic heterocycles. The molecule has 1 heterocycles. The molecule has 4 nitrogen and oxygen atoms in total. The zero-order valence-electron chi connectivity index (χ0n) is 11.0. The van der Waals surface area contributed by atoms with Crippen molar-refractivity contribution in [2.24, 2.45) is 0 Å². The SMILES string of the molecule is CC(=O)c1ccc2cc(OCc3ccno3)ccc2c1. The summed E-state index contributed by atoms with van der Waals surface area (Å²) in [4.78, 5) is 11.3. The Morgan fingerprint density at radius 3 is 2.70 bits per heavy atom. The Balaban J connectivity index is 1.83. The van der Waals surface area contributed by atoms with Crippen molar-refractivity contribution in [1.82, 2.24) is 5.16 Å². The second-order valence-electron chi connectivity index (χ2n) is 4.55. The van der Waals surface area contributed by atoms with Crippen LogP contribution >= 0.6 is 0 Å². The molecule has 20 heavy (non-hydrogen) atoms. The molecule has 0 amide bonds. The maximum Gasteiger partial charge on any atom is 0.174 e. The van der Waals surface area contributed by atoms with E-state index in [1.165, 1.54) is 0 Å². The van der Waals surface area contributed by atoms with Crippen molar-refractivity contribution >= 4 is 16.6 Å². The summed E-state index contributed by atoms with van der Waals surface area (Å²) in [6.07, 6.45) is 1.59. The van der Waals surface area contributed by atoms with Gasteiger partial charge in [-0.05, 0) is 35.9 Å². The molecule has 3 rings (SSSR count). The van der Waals surface area contributed by atoms with Gasteiger partial charge in [0.2, 0.25) is 0 Å². The third kappa shape index (κ3) is 2.54. The lowest BCUT2D eigenvalue weighted by molar-refractivity contribution is 0.101. The molecule has 4 heteroatoms. The van der Waals surface area contributed by atoms with E-state index in [1.807, 2.05) is 36.4 Å². The molecular weight excluding hydrogens is 254 g/mol. The Morgan fingerprint density at radius 1 is 1.15 bits per heavy atom. The van der Waals surface area contributed by atoms with E-state index in [1.54, 1.807) is 19.2 Å². The van der Waals surface area contributed by atoms with E-state index in [0.717, 1.165) is 16.5 Å². The first-order valence-corrected chi connectivity index (χ1v) is 6.29. The minimum absolute atomic E-state index is 0.0672. The number of ether oxygens (including phenoxy) is 1. The monoisotopic (exact) mass is 267 g/mol. The fourth-order valence-electron chi connectivity index (χ4n) is 2.00. The van der Waals surface area contributed by atoms with Gasteiger partial charge in [-0.1, -0.05) is 23.4 Å². The van der Waals surface area contributed by atoms with Crippen LogP contribution in [0.5, 0.6) is 5.75 Å². The molecule has 2 aromatic carbocycles. The molecule has 100 valence electrons. The highest BCUT2D eigenvalue weighted by atomic mass is 16.5. The molecule has 3 aromatic rings. The number of aromatic nitrogens is 1. The quantitative estimate of drug-likeness (QED) is 0.677. The number of carbonyl (C=O) groups is 1. The highest BCUT2D eigenvalue weighted by Crippen LogP contribution is 2.23. The number of Topliss-reactive ketones (excluding diaryl/α,β-unsaturated/α-hetero) is 1. The van der Waals surface area contributed by atoms with Crippen LogP contribution in [0.1, 0.15) is 23.0 Å². The Morgan fingerprint density at radius 2 is 1.95 bits per heavy atom. The van der Waals surface area contributed by atoms with Crippen LogP contribution in [-0.2, 0) is 6.61 Å². The van der Waals surface area contributed by atoms with Gasteiger partial charge in [-0.2, -0.15) is 0 Å². The standard InChI is InChI=1S/C16H13NO3/c1-11(18)12-2-3-14-9-15(5-4-13(14)8-12)19-10-16-6-7-17-20-16/h2-9H,10H2,1H3. The fraction of sp³-hybridized carbons (Fsp3) is 0.125. The van der Waals surface area contributed by atoms with Crippen molar-refractivity contribution in [2.45, 2.75) is 13.5 Å². The number of carbonyl (C=O) groups excluding carboxylic acids is 1. The van der Waals surface area contributed by atoms with Gasteiger partial charge in [-0.15, -0.1) is 0 Å². The van der Waals surface area contributed by atoms with E-state index in [4.69, 9.17) is 9.26 Å². The summed E-state index contributed by atoms with van der Waals surface area (Å²) in [7, 11) is 0. The lowest BCUT2D eigenvalue weighted by Gasteiger charge is -2.06. The van der Waals surface area contributed by atoms with E-state index in [0.29, 0.717) is 17.9 Å². The molecule has 0 unspecified atom stereocenters. The highest BCUT2D eigenvalue weighted by Gasteiger charge is 2.03. The van der Waals surface area contributed by atoms with Crippen LogP contribution in [0, 0.1) is 0 Å². The summed E-state index contributed by atoms with van der Waals surface area (Å²) in [6.45, 7) is 1.91. The van der Waals surface area contributed by atoms with Crippen molar-refractivity contribution in [3.63, 3.8) is 0 Å². The molecule has 0 bridgehead atoms. The van der Waals surface area contributed by atoms with Crippen molar-refractivity contribution in [2.75, 3.05) is 0 Å². The first-order chi connectivity index (χ1) is 9.72. The van der Waals surface area contributed by atoms with Crippen molar-refractivity contribution < 1.29 is 14.1 Å². The van der Waals surface area contributed by atoms with E-state index in [9.17, 15) is 4.79 Å². The Labute approximate surface area is 116 Å². The molecular formula is C16H13NO3. The molecule has 1 aromatic heterocycles. The van der Waals surface area contributed by atoms with E-state index in [2.05, 4.69) is 5.16 Å². The van der Waals surface area contributed by atoms with Crippen LogP contribution < -0.4 is 4.74 Å². The summed E-state index contributed by atoms with van der Waals surface area (Å²) in [6, 6.07) is 13.2. The van der Waals surface area contributed by atoms with Crippen LogP contribution in [0.3, 0.4) is 0 Å². The third-order valence-corrected chi connectivity index (χ3v) is 3.09. The van der Waals surface area contributed by atoms with Crippen molar-refractivity contribution in [3.05, 3.63) is 60.0 Å². The topological polar surface area (TPSA) is 52.3 Å². The lowest BCUT2D eigenvalue weighted by atomic mass is 10.0. The van der Waals surface area contributed by atoms with Gasteiger partial charge in [-0.3, -0.25) is 4.79 Å². The summed E-state index contributed by atoms with van der Waals surface area (Å²) in [5.41, 5.74) is 0.716. The smallest absolute Gasteiger partial charge is 0.174 e. The van der Waals surface area contributed by atoms with Crippen LogP contribution in [0.25, 0.3) is 10.8 Å². The van der Waals surface area contributed by atoms with Gasteiger partial charge < -0.3 is 9.26 Å². The molecule has 0 aliphatic carbocycles. The van der Waals surface area contributed by atoms with E-state index < -0.39 is 0 Å². The zero-order chi connectivity index (χ0) is 13.9. The maximum atomic E-state index is 11.3. The number of benzene rings is 2. The van der Waals surface area contributed by atoms with Crippen molar-refractivity contribution in [3.8, 4) is 5.75 Å². The summed E-state index contributed by atoms with van der Waals surface area (Å²) in [5.74, 6) is 1.50. The average Bonchev–Trinajstić information content (AvgIpc) is 2.97. The first kappa shape index (κ1) is 12.4. The predicted molar refractivity (Wildman–Crippen MR) is 74.8 cm³/mol. The van der Waals surface area contributed by atoms with Gasteiger partial charge >= 0.3 is 0 Å². The fourth-order valence-corrected chi connectivity index (χ4v) is 2.00. The molecule has 0 fully saturated rings. The van der Waals surface area contributed by atoms with Crippen LogP contribution in [0.15, 0.2) is 53.2 Å². The normalized spacial score (nSPS) is 10.7. The average molecular weight is 267 g/mol. The molecule has 0 spiro atoms. The molecule has 0 radical (unpaired) electrons. The van der Waals surface area contributed by atoms with Crippen LogP contribution in [-0.4, -0.2) is 10.9 Å². The predicted octanol–water partition coefficient (Wildman–Crippen LogP) is 3.61. The second-order valence-corrected chi connectivity index (χ2v) is 4.55. The number of hydrogen-bond donors (Lipinski definition) is 0. The highest BCUT2D eigenvalue weighted by molar-refractivity contribution is 5.98. The van der Waals surface area contributed by atoms with Gasteiger partial charge in [0.05, 0.1) is 6.20 Å². The number of nitrogens with zero attached hydrogens (tertiary/aromatic N) is 1. The molecule has 0 atom stereocenters. The molecule has 0 aliphatic rings. The number of ketones is 1. The van der Waals surface area contributed by atoms with Crippen LogP contribution in [0.4, 0.5) is 0 Å². The minimum atomic E-state index is 0.0672. The van der Waals surface area contributed by atoms with E-state index >= 15 is 0 Å². The number of fused-ring (bicyclic) bond motifs is 1. The lowest BCUT2D eigenvalue weighted by Crippen LogP contribution is -1.94. The van der Waals surface area contributed by atoms with E-state index in [-0.39, 0.29) is 5.78 Å². The Hall–Kier alpha value is -2.62. The van der Waals surface area contributed by atoms with Crippen molar-refractivity contribution in [1.29, 1.82) is 0 Å². The Kier molecular flexibility index (Phi) is 3.21. The minimum Gasteiger partial charge on any atom is -0.486 e. The van der Waals surface area contributed by atoms with Gasteiger partial charge in [-0.25, -0.2) is 0 Å². The third-order valence-electron chi connectivity index (χ3n) is 3.09. The second kappa shape index (κ2) is 5.17. The molecule has 0 saturated carbocycles. The first-order valence-electron chi connectivity index (χ1n) is 6.29. The maximum absolute atomic E-state index is 11.3. The summed E-state index contributed by atoms with van der Waals surface area (Å²) in [5, 5.41) is 5.67. The molecule has 0 saturated heterocycles. The van der Waals surface area contributed by atoms with Gasteiger partial charge in [0, 0.05) is 11.6 Å². The van der Waals surface area contributed by atoms with Crippen LogP contribution in [0.2, 0.25) is 0 Å². The zero-order valence-corrected chi connectivity index (χ0v) is 11.0. The van der Waals surface area contributed by atoms with Gasteiger partial charge in [0.25, 0.3) is 0 Å². The largest absolute Gasteiger partial charge is 0.486 e. The summed E-state index contributed by atoms with van der Waals surface area (Å²) < 4.78 is 10.6. The molecule has 0 N–H and O–H groups in total. The number of rotatable bonds is 4. The van der Waals surface area contributed by atoms with Gasteiger partial charge in [0.1, 0.15) is 12.4 Å². The number of hydrogen-bond acceptors (Lipinski definition) is 4. The summed E-state index contributed by atoms with van der Waals surface area (Å²) >= 11 is 0. The van der Waals surface area contributed by atoms with Gasteiger partial charge in [0.15, 0.2) is 11.5 Å².